The summed E-state index contributed by atoms with van der Waals surface area (Å²) in [4.78, 5) is 11.8. The predicted octanol–water partition coefficient (Wildman–Crippen LogP) is 2.82. The van der Waals surface area contributed by atoms with Gasteiger partial charge in [-0.2, -0.15) is 0 Å². The highest BCUT2D eigenvalue weighted by Crippen LogP contribution is 2.21. The van der Waals surface area contributed by atoms with Gasteiger partial charge in [-0.05, 0) is 29.0 Å². The molecule has 0 unspecified atom stereocenters. The molecule has 0 fully saturated rings. The summed E-state index contributed by atoms with van der Waals surface area (Å²) in [5.41, 5.74) is 0.617. The molecule has 0 heterocycles. The van der Waals surface area contributed by atoms with Crippen LogP contribution in [0.1, 0.15) is 10.4 Å². The number of benzene rings is 2. The summed E-state index contributed by atoms with van der Waals surface area (Å²) < 4.78 is 22.9. The van der Waals surface area contributed by atoms with E-state index in [0.29, 0.717) is 5.56 Å². The van der Waals surface area contributed by atoms with E-state index in [0.717, 1.165) is 10.8 Å². The summed E-state index contributed by atoms with van der Waals surface area (Å²) in [6, 6.07) is 10.1. The van der Waals surface area contributed by atoms with Crippen molar-refractivity contribution >= 4 is 42.3 Å². The molecular formula is C13H11BrO3S. The Morgan fingerprint density at radius 1 is 1.11 bits per heavy atom. The first kappa shape index (κ1) is 13.2. The molecule has 0 aromatic heterocycles. The zero-order chi connectivity index (χ0) is 13.3. The second kappa shape index (κ2) is 4.82. The minimum absolute atomic E-state index is 0.00379. The third-order valence-electron chi connectivity index (χ3n) is 2.68. The normalized spacial score (nSPS) is 11.7. The zero-order valence-corrected chi connectivity index (χ0v) is 12.1. The smallest absolute Gasteiger partial charge is 0.175 e. The van der Waals surface area contributed by atoms with Crippen LogP contribution in [0.3, 0.4) is 0 Å². The molecule has 2 aromatic rings. The summed E-state index contributed by atoms with van der Waals surface area (Å²) in [5, 5.41) is 1.94. The first-order valence-corrected chi connectivity index (χ1v) is 8.26. The van der Waals surface area contributed by atoms with Gasteiger partial charge in [-0.25, -0.2) is 8.42 Å². The number of carbonyl (C=O) groups excluding carboxylic acids is 1. The quantitative estimate of drug-likeness (QED) is 0.643. The summed E-state index contributed by atoms with van der Waals surface area (Å²) in [5.74, 6) is 0.00379. The standard InChI is InChI=1S/C13H11BrO3S/c1-18(16,17)12-5-4-9-6-11(13(15)8-14)3-2-10(9)7-12/h2-7H,8H2,1H3. The predicted molar refractivity (Wildman–Crippen MR) is 75.2 cm³/mol. The van der Waals surface area contributed by atoms with E-state index in [1.54, 1.807) is 36.4 Å². The largest absolute Gasteiger partial charge is 0.293 e. The van der Waals surface area contributed by atoms with Crippen molar-refractivity contribution in [2.24, 2.45) is 0 Å². The molecule has 0 bridgehead atoms. The van der Waals surface area contributed by atoms with Gasteiger partial charge < -0.3 is 0 Å². The van der Waals surface area contributed by atoms with Gasteiger partial charge in [0.05, 0.1) is 10.2 Å². The molecule has 0 radical (unpaired) electrons. The first-order chi connectivity index (χ1) is 8.41. The molecule has 94 valence electrons. The average molecular weight is 327 g/mol. The third kappa shape index (κ3) is 2.62. The van der Waals surface area contributed by atoms with Gasteiger partial charge in [0, 0.05) is 11.8 Å². The van der Waals surface area contributed by atoms with Crippen molar-refractivity contribution in [2.45, 2.75) is 4.90 Å². The highest BCUT2D eigenvalue weighted by Gasteiger charge is 2.09. The van der Waals surface area contributed by atoms with Crippen LogP contribution < -0.4 is 0 Å². The SMILES string of the molecule is CS(=O)(=O)c1ccc2cc(C(=O)CBr)ccc2c1. The molecule has 18 heavy (non-hydrogen) atoms. The van der Waals surface area contributed by atoms with Gasteiger partial charge in [0.1, 0.15) is 0 Å². The monoisotopic (exact) mass is 326 g/mol. The Morgan fingerprint density at radius 3 is 2.33 bits per heavy atom. The minimum atomic E-state index is -3.20. The number of carbonyl (C=O) groups is 1. The molecule has 0 spiro atoms. The van der Waals surface area contributed by atoms with Crippen LogP contribution in [0, 0.1) is 0 Å². The summed E-state index contributed by atoms with van der Waals surface area (Å²) in [6.45, 7) is 0. The fourth-order valence-corrected chi connectivity index (χ4v) is 2.69. The van der Waals surface area contributed by atoms with E-state index in [9.17, 15) is 13.2 Å². The number of Topliss-reactive ketones (excluding diaryl/α,β-unsaturated/α-hetero) is 1. The molecule has 2 rings (SSSR count). The van der Waals surface area contributed by atoms with Crippen LogP contribution in [0.25, 0.3) is 10.8 Å². The van der Waals surface area contributed by atoms with E-state index in [1.807, 2.05) is 0 Å². The van der Waals surface area contributed by atoms with E-state index in [1.165, 1.54) is 6.26 Å². The minimum Gasteiger partial charge on any atom is -0.293 e. The topological polar surface area (TPSA) is 51.2 Å². The number of alkyl halides is 1. The average Bonchev–Trinajstić information content (AvgIpc) is 2.35. The lowest BCUT2D eigenvalue weighted by atomic mass is 10.1. The van der Waals surface area contributed by atoms with Gasteiger partial charge in [0.2, 0.25) is 0 Å². The third-order valence-corrected chi connectivity index (χ3v) is 4.30. The van der Waals surface area contributed by atoms with Crippen molar-refractivity contribution in [1.82, 2.24) is 0 Å². The fourth-order valence-electron chi connectivity index (χ4n) is 1.71. The van der Waals surface area contributed by atoms with Crippen molar-refractivity contribution in [2.75, 3.05) is 11.6 Å². The Hall–Kier alpha value is -1.20. The number of hydrogen-bond donors (Lipinski definition) is 0. The van der Waals surface area contributed by atoms with E-state index in [2.05, 4.69) is 15.9 Å². The Bertz CT molecular complexity index is 720. The Balaban J connectivity index is 2.59. The number of halogens is 1. The number of fused-ring (bicyclic) bond motifs is 1. The molecule has 3 nitrogen and oxygen atoms in total. The second-order valence-electron chi connectivity index (χ2n) is 4.05. The van der Waals surface area contributed by atoms with Gasteiger partial charge in [-0.1, -0.05) is 34.1 Å². The summed E-state index contributed by atoms with van der Waals surface area (Å²) in [7, 11) is -3.20. The maximum Gasteiger partial charge on any atom is 0.175 e. The van der Waals surface area contributed by atoms with Gasteiger partial charge >= 0.3 is 0 Å². The van der Waals surface area contributed by atoms with Crippen molar-refractivity contribution < 1.29 is 13.2 Å². The van der Waals surface area contributed by atoms with Crippen LogP contribution in [0.5, 0.6) is 0 Å². The van der Waals surface area contributed by atoms with Gasteiger partial charge in [0.15, 0.2) is 15.6 Å². The van der Waals surface area contributed by atoms with Gasteiger partial charge in [-0.15, -0.1) is 0 Å². The molecule has 2 aromatic carbocycles. The van der Waals surface area contributed by atoms with E-state index in [-0.39, 0.29) is 16.0 Å². The van der Waals surface area contributed by atoms with Crippen LogP contribution >= 0.6 is 15.9 Å². The van der Waals surface area contributed by atoms with Crippen LogP contribution in [0.4, 0.5) is 0 Å². The maximum absolute atomic E-state index is 11.5. The first-order valence-electron chi connectivity index (χ1n) is 5.25. The van der Waals surface area contributed by atoms with Crippen LogP contribution in [-0.4, -0.2) is 25.8 Å². The molecular weight excluding hydrogens is 316 g/mol. The van der Waals surface area contributed by atoms with E-state index < -0.39 is 9.84 Å². The molecule has 0 aliphatic carbocycles. The molecule has 0 saturated heterocycles. The maximum atomic E-state index is 11.5. The lowest BCUT2D eigenvalue weighted by Crippen LogP contribution is -2.00. The highest BCUT2D eigenvalue weighted by atomic mass is 79.9. The Kier molecular flexibility index (Phi) is 3.54. The lowest BCUT2D eigenvalue weighted by Gasteiger charge is -2.04. The molecule has 0 atom stereocenters. The molecule has 0 N–H and O–H groups in total. The number of rotatable bonds is 3. The van der Waals surface area contributed by atoms with Crippen LogP contribution in [0.15, 0.2) is 41.3 Å². The highest BCUT2D eigenvalue weighted by molar-refractivity contribution is 9.09. The molecule has 0 aliphatic heterocycles. The molecule has 0 amide bonds. The second-order valence-corrected chi connectivity index (χ2v) is 6.63. The summed E-state index contributed by atoms with van der Waals surface area (Å²) in [6.07, 6.45) is 1.18. The Labute approximate surface area is 114 Å². The molecule has 0 aliphatic rings. The van der Waals surface area contributed by atoms with Gasteiger partial charge in [-0.3, -0.25) is 4.79 Å². The number of sulfone groups is 1. The van der Waals surface area contributed by atoms with Gasteiger partial charge in [0.25, 0.3) is 0 Å². The number of ketones is 1. The van der Waals surface area contributed by atoms with Crippen LogP contribution in [0.2, 0.25) is 0 Å². The Morgan fingerprint density at radius 2 is 1.72 bits per heavy atom. The van der Waals surface area contributed by atoms with Crippen molar-refractivity contribution in [3.8, 4) is 0 Å². The lowest BCUT2D eigenvalue weighted by molar-refractivity contribution is 0.102. The van der Waals surface area contributed by atoms with Crippen LogP contribution in [-0.2, 0) is 9.84 Å². The van der Waals surface area contributed by atoms with Crippen molar-refractivity contribution in [1.29, 1.82) is 0 Å². The zero-order valence-electron chi connectivity index (χ0n) is 9.68. The van der Waals surface area contributed by atoms with E-state index >= 15 is 0 Å². The molecule has 0 saturated carbocycles. The molecule has 5 heteroatoms. The summed E-state index contributed by atoms with van der Waals surface area (Å²) >= 11 is 3.12. The fraction of sp³-hybridized carbons (Fsp3) is 0.154. The van der Waals surface area contributed by atoms with E-state index in [4.69, 9.17) is 0 Å². The van der Waals surface area contributed by atoms with Crippen molar-refractivity contribution in [3.63, 3.8) is 0 Å². The number of hydrogen-bond acceptors (Lipinski definition) is 3. The van der Waals surface area contributed by atoms with Crippen molar-refractivity contribution in [3.05, 3.63) is 42.0 Å².